The van der Waals surface area contributed by atoms with Gasteiger partial charge in [0.2, 0.25) is 9.84 Å². The Morgan fingerprint density at radius 1 is 1.17 bits per heavy atom. The molecule has 0 aliphatic heterocycles. The number of pyridine rings is 1. The van der Waals surface area contributed by atoms with Crippen LogP contribution in [0.2, 0.25) is 0 Å². The lowest BCUT2D eigenvalue weighted by Crippen LogP contribution is -2.09. The molecule has 0 bridgehead atoms. The van der Waals surface area contributed by atoms with Gasteiger partial charge in [-0.25, -0.2) is 17.8 Å². The van der Waals surface area contributed by atoms with E-state index in [2.05, 4.69) is 4.98 Å². The van der Waals surface area contributed by atoms with Gasteiger partial charge in [-0.3, -0.25) is 0 Å². The Balaban J connectivity index is 2.33. The van der Waals surface area contributed by atoms with Crippen molar-refractivity contribution in [1.29, 1.82) is 0 Å². The van der Waals surface area contributed by atoms with Gasteiger partial charge in [0.25, 0.3) is 0 Å². The lowest BCUT2D eigenvalue weighted by molar-refractivity contribution is 0.591. The van der Waals surface area contributed by atoms with E-state index < -0.39 is 15.7 Å². The van der Waals surface area contributed by atoms with Crippen LogP contribution in [0, 0.1) is 5.82 Å². The molecule has 1 aromatic heterocycles. The highest BCUT2D eigenvalue weighted by atomic mass is 32.2. The molecule has 94 valence electrons. The molecule has 18 heavy (non-hydrogen) atoms. The molecule has 0 spiro atoms. The molecule has 0 fully saturated rings. The maximum Gasteiger partial charge on any atom is 0.201 e. The molecular weight excluding hydrogens is 255 g/mol. The Bertz CT molecular complexity index is 654. The van der Waals surface area contributed by atoms with Gasteiger partial charge in [0, 0.05) is 6.20 Å². The van der Waals surface area contributed by atoms with Gasteiger partial charge < -0.3 is 5.73 Å². The highest BCUT2D eigenvalue weighted by molar-refractivity contribution is 7.90. The maximum absolute atomic E-state index is 12.7. The third-order valence-electron chi connectivity index (χ3n) is 2.37. The predicted molar refractivity (Wildman–Crippen MR) is 65.9 cm³/mol. The van der Waals surface area contributed by atoms with E-state index in [9.17, 15) is 12.8 Å². The van der Waals surface area contributed by atoms with Crippen LogP contribution in [0.3, 0.4) is 0 Å². The molecule has 1 aromatic carbocycles. The Hall–Kier alpha value is -1.95. The summed E-state index contributed by atoms with van der Waals surface area (Å²) in [5.74, 6) is -0.664. The average molecular weight is 266 g/mol. The van der Waals surface area contributed by atoms with Gasteiger partial charge in [-0.15, -0.1) is 0 Å². The van der Waals surface area contributed by atoms with E-state index in [4.69, 9.17) is 5.73 Å². The van der Waals surface area contributed by atoms with Crippen LogP contribution in [0.4, 0.5) is 10.1 Å². The first-order valence-electron chi connectivity index (χ1n) is 5.17. The molecule has 0 amide bonds. The normalized spacial score (nSPS) is 11.4. The van der Waals surface area contributed by atoms with Crippen molar-refractivity contribution in [2.45, 2.75) is 10.8 Å². The SMILES string of the molecule is Nc1cccnc1S(=O)(=O)Cc1ccc(F)cc1. The van der Waals surface area contributed by atoms with Crippen LogP contribution in [-0.4, -0.2) is 13.4 Å². The molecule has 0 aliphatic rings. The zero-order valence-electron chi connectivity index (χ0n) is 9.38. The van der Waals surface area contributed by atoms with Crippen molar-refractivity contribution in [3.8, 4) is 0 Å². The Kier molecular flexibility index (Phi) is 3.29. The Labute approximate surface area is 104 Å². The van der Waals surface area contributed by atoms with Gasteiger partial charge in [-0.05, 0) is 29.8 Å². The number of nitrogens with zero attached hydrogens (tertiary/aromatic N) is 1. The number of benzene rings is 1. The van der Waals surface area contributed by atoms with Gasteiger partial charge in [-0.1, -0.05) is 12.1 Å². The lowest BCUT2D eigenvalue weighted by atomic mass is 10.2. The summed E-state index contributed by atoms with van der Waals surface area (Å²) in [6, 6.07) is 8.31. The second-order valence-electron chi connectivity index (χ2n) is 3.78. The maximum atomic E-state index is 12.7. The van der Waals surface area contributed by atoms with Gasteiger partial charge in [0.05, 0.1) is 11.4 Å². The first-order chi connectivity index (χ1) is 8.49. The molecule has 0 saturated heterocycles. The summed E-state index contributed by atoms with van der Waals surface area (Å²) in [6.07, 6.45) is 1.37. The molecule has 2 rings (SSSR count). The Morgan fingerprint density at radius 2 is 1.83 bits per heavy atom. The van der Waals surface area contributed by atoms with Gasteiger partial charge in [0.15, 0.2) is 5.03 Å². The Morgan fingerprint density at radius 3 is 2.44 bits per heavy atom. The number of sulfone groups is 1. The van der Waals surface area contributed by atoms with E-state index in [1.807, 2.05) is 0 Å². The number of halogens is 1. The summed E-state index contributed by atoms with van der Waals surface area (Å²) < 4.78 is 36.9. The third-order valence-corrected chi connectivity index (χ3v) is 4.01. The minimum Gasteiger partial charge on any atom is -0.396 e. The van der Waals surface area contributed by atoms with E-state index in [1.54, 1.807) is 6.07 Å². The van der Waals surface area contributed by atoms with E-state index >= 15 is 0 Å². The van der Waals surface area contributed by atoms with Crippen molar-refractivity contribution in [3.05, 3.63) is 54.0 Å². The van der Waals surface area contributed by atoms with Crippen molar-refractivity contribution in [3.63, 3.8) is 0 Å². The van der Waals surface area contributed by atoms with Crippen molar-refractivity contribution in [2.75, 3.05) is 5.73 Å². The number of hydrogen-bond donors (Lipinski definition) is 1. The first kappa shape index (κ1) is 12.5. The number of aromatic nitrogens is 1. The van der Waals surface area contributed by atoms with Crippen LogP contribution >= 0.6 is 0 Å². The first-order valence-corrected chi connectivity index (χ1v) is 6.82. The lowest BCUT2D eigenvalue weighted by Gasteiger charge is -2.06. The van der Waals surface area contributed by atoms with Crippen LogP contribution in [0.15, 0.2) is 47.6 Å². The zero-order valence-corrected chi connectivity index (χ0v) is 10.2. The molecule has 0 aliphatic carbocycles. The fourth-order valence-corrected chi connectivity index (χ4v) is 2.95. The van der Waals surface area contributed by atoms with Crippen LogP contribution in [0.5, 0.6) is 0 Å². The van der Waals surface area contributed by atoms with Gasteiger partial charge in [0.1, 0.15) is 5.82 Å². The van der Waals surface area contributed by atoms with Crippen molar-refractivity contribution in [2.24, 2.45) is 0 Å². The topological polar surface area (TPSA) is 73.0 Å². The number of nitrogens with two attached hydrogens (primary N) is 1. The van der Waals surface area contributed by atoms with Gasteiger partial charge in [-0.2, -0.15) is 0 Å². The second kappa shape index (κ2) is 4.73. The minimum absolute atomic E-state index is 0.111. The highest BCUT2D eigenvalue weighted by Gasteiger charge is 2.19. The average Bonchev–Trinajstić information content (AvgIpc) is 2.32. The third kappa shape index (κ3) is 2.65. The molecule has 2 aromatic rings. The van der Waals surface area contributed by atoms with Crippen LogP contribution in [0.25, 0.3) is 0 Å². The summed E-state index contributed by atoms with van der Waals surface area (Å²) in [7, 11) is -3.62. The second-order valence-corrected chi connectivity index (χ2v) is 5.69. The van der Waals surface area contributed by atoms with Crippen molar-refractivity contribution >= 4 is 15.5 Å². The number of hydrogen-bond acceptors (Lipinski definition) is 4. The summed E-state index contributed by atoms with van der Waals surface area (Å²) in [6.45, 7) is 0. The minimum atomic E-state index is -3.62. The highest BCUT2D eigenvalue weighted by Crippen LogP contribution is 2.19. The zero-order chi connectivity index (χ0) is 13.2. The quantitative estimate of drug-likeness (QED) is 0.919. The standard InChI is InChI=1S/C12H11FN2O2S/c13-10-5-3-9(4-6-10)8-18(16,17)12-11(14)2-1-7-15-12/h1-7H,8,14H2. The van der Waals surface area contributed by atoms with E-state index in [-0.39, 0.29) is 16.5 Å². The van der Waals surface area contributed by atoms with E-state index in [1.165, 1.54) is 36.5 Å². The largest absolute Gasteiger partial charge is 0.396 e. The summed E-state index contributed by atoms with van der Waals surface area (Å²) in [5, 5.41) is -0.144. The summed E-state index contributed by atoms with van der Waals surface area (Å²) >= 11 is 0. The molecule has 0 saturated carbocycles. The molecular formula is C12H11FN2O2S. The number of rotatable bonds is 3. The molecule has 0 atom stereocenters. The van der Waals surface area contributed by atoms with Crippen LogP contribution in [0.1, 0.15) is 5.56 Å². The van der Waals surface area contributed by atoms with E-state index in [0.717, 1.165) is 0 Å². The fraction of sp³-hybridized carbons (Fsp3) is 0.0833. The van der Waals surface area contributed by atoms with Gasteiger partial charge >= 0.3 is 0 Å². The molecule has 1 heterocycles. The molecule has 0 unspecified atom stereocenters. The molecule has 6 heteroatoms. The number of anilines is 1. The van der Waals surface area contributed by atoms with Crippen molar-refractivity contribution < 1.29 is 12.8 Å². The van der Waals surface area contributed by atoms with Crippen LogP contribution < -0.4 is 5.73 Å². The summed E-state index contributed by atoms with van der Waals surface area (Å²) in [4.78, 5) is 3.78. The smallest absolute Gasteiger partial charge is 0.201 e. The van der Waals surface area contributed by atoms with Crippen LogP contribution in [-0.2, 0) is 15.6 Å². The fourth-order valence-electron chi connectivity index (χ4n) is 1.53. The van der Waals surface area contributed by atoms with Crippen molar-refractivity contribution in [1.82, 2.24) is 4.98 Å². The summed E-state index contributed by atoms with van der Waals surface area (Å²) in [5.41, 5.74) is 6.18. The monoisotopic (exact) mass is 266 g/mol. The molecule has 4 nitrogen and oxygen atoms in total. The predicted octanol–water partition coefficient (Wildman–Crippen LogP) is 1.78. The molecule has 2 N–H and O–H groups in total. The number of nitrogen functional groups attached to an aromatic ring is 1. The molecule has 0 radical (unpaired) electrons. The van der Waals surface area contributed by atoms with E-state index in [0.29, 0.717) is 5.56 Å².